The van der Waals surface area contributed by atoms with Crippen LogP contribution in [0.15, 0.2) is 22.2 Å². The van der Waals surface area contributed by atoms with E-state index >= 15 is 0 Å². The summed E-state index contributed by atoms with van der Waals surface area (Å²) >= 11 is 3.35. The summed E-state index contributed by atoms with van der Waals surface area (Å²) in [5.41, 5.74) is 3.46. The molecule has 0 saturated heterocycles. The summed E-state index contributed by atoms with van der Waals surface area (Å²) in [6.45, 7) is 6.92. The van der Waals surface area contributed by atoms with Gasteiger partial charge in [-0.1, -0.05) is 41.4 Å². The predicted molar refractivity (Wildman–Crippen MR) is 58.4 cm³/mol. The van der Waals surface area contributed by atoms with Gasteiger partial charge in [-0.2, -0.15) is 0 Å². The molecule has 12 heavy (non-hydrogen) atoms. The van der Waals surface area contributed by atoms with Gasteiger partial charge in [0.2, 0.25) is 0 Å². The molecule has 1 aliphatic rings. The quantitative estimate of drug-likeness (QED) is 0.624. The summed E-state index contributed by atoms with van der Waals surface area (Å²) in [6.07, 6.45) is 6.14. The maximum Gasteiger partial charge on any atom is -0.0104 e. The van der Waals surface area contributed by atoms with E-state index in [0.717, 1.165) is 0 Å². The molecule has 0 aromatic rings. The van der Waals surface area contributed by atoms with Gasteiger partial charge in [-0.15, -0.1) is 0 Å². The molecule has 0 aromatic carbocycles. The third-order valence-electron chi connectivity index (χ3n) is 2.77. The second-order valence-corrected chi connectivity index (χ2v) is 4.75. The summed E-state index contributed by atoms with van der Waals surface area (Å²) in [6, 6.07) is 0. The van der Waals surface area contributed by atoms with E-state index in [-0.39, 0.29) is 0 Å². The van der Waals surface area contributed by atoms with Crippen molar-refractivity contribution in [2.24, 2.45) is 5.41 Å². The first-order valence-corrected chi connectivity index (χ1v) is 5.46. The van der Waals surface area contributed by atoms with Crippen LogP contribution in [0.2, 0.25) is 0 Å². The molecule has 0 aromatic heterocycles. The van der Waals surface area contributed by atoms with Crippen LogP contribution >= 0.6 is 15.9 Å². The van der Waals surface area contributed by atoms with Crippen molar-refractivity contribution in [3.8, 4) is 0 Å². The Kier molecular flexibility index (Phi) is 3.16. The molecule has 0 aliphatic heterocycles. The summed E-state index contributed by atoms with van der Waals surface area (Å²) in [5.74, 6) is 0. The standard InChI is InChI=1S/C11H17Br/c1-9-5-4-7-11(2,3)10(9)6-8-12/h6,8H,4-5,7H2,1-3H3. The Morgan fingerprint density at radius 1 is 1.42 bits per heavy atom. The van der Waals surface area contributed by atoms with E-state index < -0.39 is 0 Å². The maximum atomic E-state index is 3.35. The first-order valence-electron chi connectivity index (χ1n) is 4.55. The number of halogens is 1. The van der Waals surface area contributed by atoms with E-state index in [0.29, 0.717) is 5.41 Å². The zero-order valence-electron chi connectivity index (χ0n) is 8.15. The number of allylic oxidation sites excluding steroid dienone is 3. The molecule has 1 aliphatic carbocycles. The van der Waals surface area contributed by atoms with Crippen molar-refractivity contribution >= 4 is 15.9 Å². The van der Waals surface area contributed by atoms with Crippen molar-refractivity contribution in [3.63, 3.8) is 0 Å². The maximum absolute atomic E-state index is 3.35. The molecule has 0 nitrogen and oxygen atoms in total. The van der Waals surface area contributed by atoms with Crippen LogP contribution in [0.1, 0.15) is 40.0 Å². The fourth-order valence-electron chi connectivity index (χ4n) is 2.07. The lowest BCUT2D eigenvalue weighted by Gasteiger charge is -2.32. The van der Waals surface area contributed by atoms with Crippen LogP contribution in [0, 0.1) is 5.41 Å². The van der Waals surface area contributed by atoms with Crippen LogP contribution < -0.4 is 0 Å². The summed E-state index contributed by atoms with van der Waals surface area (Å²) in [7, 11) is 0. The molecule has 0 N–H and O–H groups in total. The Bertz CT molecular complexity index is 221. The molecule has 1 heteroatoms. The van der Waals surface area contributed by atoms with Gasteiger partial charge in [0.1, 0.15) is 0 Å². The summed E-state index contributed by atoms with van der Waals surface area (Å²) in [4.78, 5) is 1.97. The first kappa shape index (κ1) is 10.0. The molecular weight excluding hydrogens is 212 g/mol. The molecule has 0 radical (unpaired) electrons. The van der Waals surface area contributed by atoms with Gasteiger partial charge in [0.25, 0.3) is 0 Å². The Morgan fingerprint density at radius 3 is 2.58 bits per heavy atom. The smallest absolute Gasteiger partial charge is 0.0104 e. The van der Waals surface area contributed by atoms with Crippen LogP contribution in [-0.2, 0) is 0 Å². The van der Waals surface area contributed by atoms with Crippen molar-refractivity contribution in [2.75, 3.05) is 0 Å². The molecule has 0 atom stereocenters. The van der Waals surface area contributed by atoms with E-state index in [2.05, 4.69) is 42.8 Å². The Balaban J connectivity index is 3.00. The molecule has 0 fully saturated rings. The van der Waals surface area contributed by atoms with Crippen molar-refractivity contribution in [2.45, 2.75) is 40.0 Å². The third kappa shape index (κ3) is 2.01. The highest BCUT2D eigenvalue weighted by atomic mass is 79.9. The molecule has 0 bridgehead atoms. The van der Waals surface area contributed by atoms with Gasteiger partial charge in [0.05, 0.1) is 0 Å². The van der Waals surface area contributed by atoms with Gasteiger partial charge in [-0.05, 0) is 42.2 Å². The lowest BCUT2D eigenvalue weighted by Crippen LogP contribution is -2.18. The highest BCUT2D eigenvalue weighted by Crippen LogP contribution is 2.40. The van der Waals surface area contributed by atoms with Gasteiger partial charge in [-0.25, -0.2) is 0 Å². The van der Waals surface area contributed by atoms with Crippen LogP contribution in [0.25, 0.3) is 0 Å². The zero-order chi connectivity index (χ0) is 9.19. The zero-order valence-corrected chi connectivity index (χ0v) is 9.74. The predicted octanol–water partition coefficient (Wildman–Crippen LogP) is 4.42. The van der Waals surface area contributed by atoms with Crippen molar-refractivity contribution in [1.82, 2.24) is 0 Å². The fraction of sp³-hybridized carbons (Fsp3) is 0.636. The normalized spacial score (nSPS) is 23.7. The lowest BCUT2D eigenvalue weighted by molar-refractivity contribution is 0.377. The van der Waals surface area contributed by atoms with E-state index in [1.165, 1.54) is 24.8 Å². The molecule has 68 valence electrons. The van der Waals surface area contributed by atoms with E-state index in [1.807, 2.05) is 4.99 Å². The van der Waals surface area contributed by atoms with E-state index in [1.54, 1.807) is 5.57 Å². The topological polar surface area (TPSA) is 0 Å². The van der Waals surface area contributed by atoms with Crippen LogP contribution in [0.5, 0.6) is 0 Å². The lowest BCUT2D eigenvalue weighted by atomic mass is 9.73. The van der Waals surface area contributed by atoms with Gasteiger partial charge in [0, 0.05) is 0 Å². The second-order valence-electron chi connectivity index (χ2n) is 4.22. The Morgan fingerprint density at radius 2 is 2.08 bits per heavy atom. The molecule has 0 amide bonds. The van der Waals surface area contributed by atoms with Gasteiger partial charge in [0.15, 0.2) is 0 Å². The van der Waals surface area contributed by atoms with Crippen LogP contribution in [0.3, 0.4) is 0 Å². The van der Waals surface area contributed by atoms with Crippen LogP contribution in [0.4, 0.5) is 0 Å². The van der Waals surface area contributed by atoms with Gasteiger partial charge in [-0.3, -0.25) is 0 Å². The summed E-state index contributed by atoms with van der Waals surface area (Å²) in [5, 5.41) is 0. The highest BCUT2D eigenvalue weighted by Gasteiger charge is 2.26. The molecule has 0 saturated carbocycles. The molecule has 0 unspecified atom stereocenters. The number of hydrogen-bond acceptors (Lipinski definition) is 0. The van der Waals surface area contributed by atoms with Crippen molar-refractivity contribution < 1.29 is 0 Å². The molecule has 0 spiro atoms. The van der Waals surface area contributed by atoms with Gasteiger partial charge >= 0.3 is 0 Å². The van der Waals surface area contributed by atoms with Gasteiger partial charge < -0.3 is 0 Å². The number of hydrogen-bond donors (Lipinski definition) is 0. The monoisotopic (exact) mass is 228 g/mol. The van der Waals surface area contributed by atoms with E-state index in [4.69, 9.17) is 0 Å². The average Bonchev–Trinajstić information content (AvgIpc) is 1.97. The third-order valence-corrected chi connectivity index (χ3v) is 3.04. The van der Waals surface area contributed by atoms with Crippen molar-refractivity contribution in [3.05, 3.63) is 22.2 Å². The Labute approximate surface area is 83.9 Å². The Hall–Kier alpha value is -0.0400. The minimum absolute atomic E-state index is 0.382. The molecule has 1 rings (SSSR count). The second kappa shape index (κ2) is 3.78. The largest absolute Gasteiger partial charge is 0.0696 e. The fourth-order valence-corrected chi connectivity index (χ4v) is 2.34. The summed E-state index contributed by atoms with van der Waals surface area (Å²) < 4.78 is 0. The minimum atomic E-state index is 0.382. The SMILES string of the molecule is CC1=C(C=CBr)C(C)(C)CCC1. The number of rotatable bonds is 1. The average molecular weight is 229 g/mol. The van der Waals surface area contributed by atoms with Crippen LogP contribution in [-0.4, -0.2) is 0 Å². The molecular formula is C11H17Br. The molecule has 0 heterocycles. The first-order chi connectivity index (χ1) is 5.58. The van der Waals surface area contributed by atoms with Crippen molar-refractivity contribution in [1.29, 1.82) is 0 Å². The highest BCUT2D eigenvalue weighted by molar-refractivity contribution is 9.11. The van der Waals surface area contributed by atoms with E-state index in [9.17, 15) is 0 Å². The minimum Gasteiger partial charge on any atom is -0.0696 e.